The SMILES string of the molecule is COc1cc(Cl)nnc1NC(=O)OCc1ccccc1. The predicted octanol–water partition coefficient (Wildman–Crippen LogP) is 2.89. The Bertz CT molecular complexity index is 593. The lowest BCUT2D eigenvalue weighted by molar-refractivity contribution is 0.155. The van der Waals surface area contributed by atoms with Gasteiger partial charge in [0.05, 0.1) is 7.11 Å². The molecule has 0 bridgehead atoms. The van der Waals surface area contributed by atoms with Crippen molar-refractivity contribution in [2.75, 3.05) is 12.4 Å². The van der Waals surface area contributed by atoms with Crippen LogP contribution in [0.15, 0.2) is 36.4 Å². The average Bonchev–Trinajstić information content (AvgIpc) is 2.48. The number of aromatic nitrogens is 2. The van der Waals surface area contributed by atoms with Crippen molar-refractivity contribution in [3.63, 3.8) is 0 Å². The molecule has 1 heterocycles. The third-order valence-electron chi connectivity index (χ3n) is 2.38. The lowest BCUT2D eigenvalue weighted by Crippen LogP contribution is -2.15. The van der Waals surface area contributed by atoms with Crippen molar-refractivity contribution in [2.24, 2.45) is 0 Å². The molecule has 0 saturated heterocycles. The quantitative estimate of drug-likeness (QED) is 0.938. The fourth-order valence-electron chi connectivity index (χ4n) is 1.45. The summed E-state index contributed by atoms with van der Waals surface area (Å²) in [5.74, 6) is 0.455. The van der Waals surface area contributed by atoms with Crippen LogP contribution in [0, 0.1) is 0 Å². The minimum Gasteiger partial charge on any atom is -0.493 e. The maximum Gasteiger partial charge on any atom is 0.413 e. The monoisotopic (exact) mass is 293 g/mol. The van der Waals surface area contributed by atoms with E-state index in [-0.39, 0.29) is 17.6 Å². The Kier molecular flexibility index (Phi) is 4.73. The number of carbonyl (C=O) groups excluding carboxylic acids is 1. The third kappa shape index (κ3) is 3.83. The maximum absolute atomic E-state index is 11.6. The van der Waals surface area contributed by atoms with Crippen molar-refractivity contribution in [2.45, 2.75) is 6.61 Å². The van der Waals surface area contributed by atoms with Gasteiger partial charge in [0.2, 0.25) is 5.82 Å². The maximum atomic E-state index is 11.6. The topological polar surface area (TPSA) is 73.3 Å². The molecule has 20 heavy (non-hydrogen) atoms. The normalized spacial score (nSPS) is 9.90. The fraction of sp³-hybridized carbons (Fsp3) is 0.154. The Labute approximate surface area is 120 Å². The van der Waals surface area contributed by atoms with Gasteiger partial charge in [-0.3, -0.25) is 5.32 Å². The summed E-state index contributed by atoms with van der Waals surface area (Å²) in [5, 5.41) is 9.96. The van der Waals surface area contributed by atoms with Crippen molar-refractivity contribution in [1.82, 2.24) is 10.2 Å². The van der Waals surface area contributed by atoms with Crippen LogP contribution in [-0.2, 0) is 11.3 Å². The molecule has 0 saturated carbocycles. The first-order valence-electron chi connectivity index (χ1n) is 5.74. The molecule has 1 aromatic heterocycles. The highest BCUT2D eigenvalue weighted by atomic mass is 35.5. The first-order valence-corrected chi connectivity index (χ1v) is 6.12. The molecule has 1 N–H and O–H groups in total. The van der Waals surface area contributed by atoms with Crippen LogP contribution in [0.2, 0.25) is 5.15 Å². The van der Waals surface area contributed by atoms with Gasteiger partial charge in [0, 0.05) is 6.07 Å². The molecule has 0 aliphatic carbocycles. The lowest BCUT2D eigenvalue weighted by atomic mass is 10.2. The average molecular weight is 294 g/mol. The van der Waals surface area contributed by atoms with Gasteiger partial charge >= 0.3 is 6.09 Å². The third-order valence-corrected chi connectivity index (χ3v) is 2.57. The fourth-order valence-corrected chi connectivity index (χ4v) is 1.59. The number of rotatable bonds is 4. The molecule has 1 amide bonds. The van der Waals surface area contributed by atoms with Gasteiger partial charge in [0.15, 0.2) is 10.9 Å². The van der Waals surface area contributed by atoms with Crippen LogP contribution in [-0.4, -0.2) is 23.4 Å². The molecule has 0 spiro atoms. The van der Waals surface area contributed by atoms with Crippen molar-refractivity contribution in [3.05, 3.63) is 47.1 Å². The van der Waals surface area contributed by atoms with Crippen LogP contribution in [0.25, 0.3) is 0 Å². The molecule has 1 aromatic carbocycles. The molecule has 0 aliphatic heterocycles. The molecule has 2 rings (SSSR count). The van der Waals surface area contributed by atoms with E-state index in [1.807, 2.05) is 30.3 Å². The van der Waals surface area contributed by atoms with Gasteiger partial charge in [-0.25, -0.2) is 4.79 Å². The van der Waals surface area contributed by atoms with Crippen molar-refractivity contribution in [1.29, 1.82) is 0 Å². The molecule has 0 radical (unpaired) electrons. The Morgan fingerprint density at radius 3 is 2.75 bits per heavy atom. The van der Waals surface area contributed by atoms with Gasteiger partial charge in [-0.05, 0) is 5.56 Å². The van der Waals surface area contributed by atoms with E-state index in [9.17, 15) is 4.79 Å². The smallest absolute Gasteiger partial charge is 0.413 e. The number of hydrogen-bond donors (Lipinski definition) is 1. The number of halogens is 1. The minimum atomic E-state index is -0.649. The molecule has 2 aromatic rings. The second-order valence-electron chi connectivity index (χ2n) is 3.77. The summed E-state index contributed by atoms with van der Waals surface area (Å²) in [4.78, 5) is 11.6. The molecule has 7 heteroatoms. The standard InChI is InChI=1S/C13H12ClN3O3/c1-19-10-7-11(14)16-17-12(10)15-13(18)20-8-9-5-3-2-4-6-9/h2-7H,8H2,1H3,(H,15,17,18). The van der Waals surface area contributed by atoms with Gasteiger partial charge in [-0.1, -0.05) is 41.9 Å². The van der Waals surface area contributed by atoms with E-state index in [4.69, 9.17) is 21.1 Å². The number of amides is 1. The summed E-state index contributed by atoms with van der Waals surface area (Å²) >= 11 is 5.68. The highest BCUT2D eigenvalue weighted by molar-refractivity contribution is 6.29. The number of benzene rings is 1. The summed E-state index contributed by atoms with van der Waals surface area (Å²) in [6, 6.07) is 10.8. The van der Waals surface area contributed by atoms with E-state index < -0.39 is 6.09 Å². The number of hydrogen-bond acceptors (Lipinski definition) is 5. The zero-order valence-corrected chi connectivity index (χ0v) is 11.4. The van der Waals surface area contributed by atoms with Gasteiger partial charge in [0.25, 0.3) is 0 Å². The van der Waals surface area contributed by atoms with E-state index in [1.165, 1.54) is 13.2 Å². The predicted molar refractivity (Wildman–Crippen MR) is 73.8 cm³/mol. The second-order valence-corrected chi connectivity index (χ2v) is 4.16. The molecule has 104 valence electrons. The van der Waals surface area contributed by atoms with Gasteiger partial charge in [-0.15, -0.1) is 10.2 Å². The second kappa shape index (κ2) is 6.72. The summed E-state index contributed by atoms with van der Waals surface area (Å²) < 4.78 is 10.1. The molecule has 6 nitrogen and oxygen atoms in total. The first kappa shape index (κ1) is 14.1. The van der Waals surface area contributed by atoms with Crippen LogP contribution < -0.4 is 10.1 Å². The number of ether oxygens (including phenoxy) is 2. The van der Waals surface area contributed by atoms with Gasteiger partial charge < -0.3 is 9.47 Å². The van der Waals surface area contributed by atoms with Crippen molar-refractivity contribution in [3.8, 4) is 5.75 Å². The van der Waals surface area contributed by atoms with Crippen LogP contribution in [0.4, 0.5) is 10.6 Å². The summed E-state index contributed by atoms with van der Waals surface area (Å²) in [5.41, 5.74) is 0.886. The lowest BCUT2D eigenvalue weighted by Gasteiger charge is -2.09. The number of methoxy groups -OCH3 is 1. The summed E-state index contributed by atoms with van der Waals surface area (Å²) in [7, 11) is 1.44. The number of anilines is 1. The minimum absolute atomic E-state index is 0.148. The van der Waals surface area contributed by atoms with Crippen LogP contribution in [0.5, 0.6) is 5.75 Å². The Morgan fingerprint density at radius 1 is 1.30 bits per heavy atom. The molecule has 0 fully saturated rings. The van der Waals surface area contributed by atoms with Crippen molar-refractivity contribution >= 4 is 23.5 Å². The Balaban J connectivity index is 1.95. The van der Waals surface area contributed by atoms with Crippen LogP contribution >= 0.6 is 11.6 Å². The van der Waals surface area contributed by atoms with Crippen molar-refractivity contribution < 1.29 is 14.3 Å². The van der Waals surface area contributed by atoms with E-state index >= 15 is 0 Å². The largest absolute Gasteiger partial charge is 0.493 e. The highest BCUT2D eigenvalue weighted by Crippen LogP contribution is 2.23. The molecule has 0 unspecified atom stereocenters. The summed E-state index contributed by atoms with van der Waals surface area (Å²) in [6.45, 7) is 0.163. The van der Waals surface area contributed by atoms with E-state index in [1.54, 1.807) is 0 Å². The highest BCUT2D eigenvalue weighted by Gasteiger charge is 2.11. The number of nitrogens with one attached hydrogen (secondary N) is 1. The van der Waals surface area contributed by atoms with Crippen LogP contribution in [0.1, 0.15) is 5.56 Å². The van der Waals surface area contributed by atoms with E-state index in [0.29, 0.717) is 5.75 Å². The van der Waals surface area contributed by atoms with E-state index in [2.05, 4.69) is 15.5 Å². The van der Waals surface area contributed by atoms with Crippen LogP contribution in [0.3, 0.4) is 0 Å². The Morgan fingerprint density at radius 2 is 2.05 bits per heavy atom. The van der Waals surface area contributed by atoms with Gasteiger partial charge in [-0.2, -0.15) is 0 Å². The summed E-state index contributed by atoms with van der Waals surface area (Å²) in [6.07, 6.45) is -0.649. The molecular weight excluding hydrogens is 282 g/mol. The number of carbonyl (C=O) groups is 1. The van der Waals surface area contributed by atoms with E-state index in [0.717, 1.165) is 5.56 Å². The zero-order valence-electron chi connectivity index (χ0n) is 10.7. The molecule has 0 atom stereocenters. The first-order chi connectivity index (χ1) is 9.69. The number of nitrogens with zero attached hydrogens (tertiary/aromatic N) is 2. The van der Waals surface area contributed by atoms with Gasteiger partial charge in [0.1, 0.15) is 6.61 Å². The zero-order chi connectivity index (χ0) is 14.4. The molecular formula is C13H12ClN3O3. The molecule has 0 aliphatic rings. The Hall–Kier alpha value is -2.34.